The van der Waals surface area contributed by atoms with Crippen LogP contribution < -0.4 is 17.0 Å². The third-order valence-corrected chi connectivity index (χ3v) is 9.34. The van der Waals surface area contributed by atoms with Gasteiger partial charge in [-0.2, -0.15) is 0 Å². The number of rotatable bonds is 12. The Morgan fingerprint density at radius 3 is 1.28 bits per heavy atom. The lowest BCUT2D eigenvalue weighted by atomic mass is 10.4. The third kappa shape index (κ3) is 10.2. The lowest BCUT2D eigenvalue weighted by Gasteiger charge is -2.27. The minimum absolute atomic E-state index is 0. The Morgan fingerprint density at radius 2 is 1.00 bits per heavy atom. The highest BCUT2D eigenvalue weighted by atomic mass is 79.9. The van der Waals surface area contributed by atoms with Crippen molar-refractivity contribution in [2.24, 2.45) is 0 Å². The van der Waals surface area contributed by atoms with E-state index in [4.69, 9.17) is 0 Å². The molecule has 0 spiro atoms. The SMILES string of the molecule is CCCC[P+](CCCC)(CCCC)CCCBr.[Br-]. The first-order chi connectivity index (χ1) is 8.24. The van der Waals surface area contributed by atoms with Crippen molar-refractivity contribution in [3.05, 3.63) is 0 Å². The van der Waals surface area contributed by atoms with Crippen LogP contribution >= 0.6 is 23.2 Å². The number of halogens is 2. The predicted molar refractivity (Wildman–Crippen MR) is 89.5 cm³/mol. The van der Waals surface area contributed by atoms with Crippen molar-refractivity contribution in [2.75, 3.05) is 30.0 Å². The van der Waals surface area contributed by atoms with E-state index in [1.165, 1.54) is 50.3 Å². The first-order valence-corrected chi connectivity index (χ1v) is 11.3. The molecule has 0 aromatic rings. The largest absolute Gasteiger partial charge is 1.00 e. The quantitative estimate of drug-likeness (QED) is 0.346. The summed E-state index contributed by atoms with van der Waals surface area (Å²) in [6, 6.07) is 0. The van der Waals surface area contributed by atoms with Gasteiger partial charge in [0.15, 0.2) is 0 Å². The van der Waals surface area contributed by atoms with Gasteiger partial charge < -0.3 is 17.0 Å². The molecule has 0 aromatic carbocycles. The standard InChI is InChI=1S/C15H33BrP.BrH/c1-4-7-12-17(13-8-5-2,14-9-6-3)15-10-11-16;/h4-15H2,1-3H3;1H/q+1;/p-1. The number of hydrogen-bond acceptors (Lipinski definition) is 0. The molecule has 0 aliphatic heterocycles. The molecule has 0 saturated heterocycles. The van der Waals surface area contributed by atoms with Crippen LogP contribution in [0.3, 0.4) is 0 Å². The smallest absolute Gasteiger partial charge is 0.0602 e. The molecule has 0 nitrogen and oxygen atoms in total. The minimum atomic E-state index is -0.592. The third-order valence-electron chi connectivity index (χ3n) is 3.72. The first-order valence-electron chi connectivity index (χ1n) is 7.65. The molecule has 0 radical (unpaired) electrons. The van der Waals surface area contributed by atoms with Gasteiger partial charge in [-0.15, -0.1) is 0 Å². The van der Waals surface area contributed by atoms with Crippen molar-refractivity contribution < 1.29 is 17.0 Å². The lowest BCUT2D eigenvalue weighted by Crippen LogP contribution is -3.00. The molecule has 112 valence electrons. The van der Waals surface area contributed by atoms with Crippen LogP contribution in [0.25, 0.3) is 0 Å². The summed E-state index contributed by atoms with van der Waals surface area (Å²) in [5, 5.41) is 1.21. The molecular formula is C15H33Br2P. The van der Waals surface area contributed by atoms with E-state index >= 15 is 0 Å². The van der Waals surface area contributed by atoms with Crippen molar-refractivity contribution >= 4 is 23.2 Å². The lowest BCUT2D eigenvalue weighted by molar-refractivity contribution is -0.00000384. The molecule has 3 heteroatoms. The highest BCUT2D eigenvalue weighted by Gasteiger charge is 2.34. The highest BCUT2D eigenvalue weighted by molar-refractivity contribution is 9.09. The molecule has 0 rings (SSSR count). The summed E-state index contributed by atoms with van der Waals surface area (Å²) in [6.07, 6.45) is 16.3. The topological polar surface area (TPSA) is 0 Å². The Morgan fingerprint density at radius 1 is 0.667 bits per heavy atom. The van der Waals surface area contributed by atoms with Crippen LogP contribution in [0.2, 0.25) is 0 Å². The Hall–Kier alpha value is 1.39. The average Bonchev–Trinajstić information content (AvgIpc) is 2.37. The van der Waals surface area contributed by atoms with E-state index in [1.807, 2.05) is 0 Å². The van der Waals surface area contributed by atoms with E-state index in [0.29, 0.717) is 0 Å². The van der Waals surface area contributed by atoms with Gasteiger partial charge in [0.05, 0.1) is 24.6 Å². The summed E-state index contributed by atoms with van der Waals surface area (Å²) in [6.45, 7) is 7.04. The molecule has 0 heterocycles. The monoisotopic (exact) mass is 402 g/mol. The second kappa shape index (κ2) is 14.8. The molecule has 0 atom stereocenters. The van der Waals surface area contributed by atoms with Gasteiger partial charge in [-0.1, -0.05) is 56.0 Å². The Labute approximate surface area is 135 Å². The van der Waals surface area contributed by atoms with Gasteiger partial charge in [0, 0.05) is 12.6 Å². The van der Waals surface area contributed by atoms with Gasteiger partial charge >= 0.3 is 0 Å². The van der Waals surface area contributed by atoms with Crippen LogP contribution in [0.5, 0.6) is 0 Å². The number of unbranched alkanes of at least 4 members (excludes halogenated alkanes) is 3. The van der Waals surface area contributed by atoms with Crippen LogP contribution in [-0.2, 0) is 0 Å². The molecule has 0 saturated carbocycles. The van der Waals surface area contributed by atoms with Gasteiger partial charge in [-0.25, -0.2) is 0 Å². The fourth-order valence-electron chi connectivity index (χ4n) is 2.55. The van der Waals surface area contributed by atoms with Crippen molar-refractivity contribution in [3.63, 3.8) is 0 Å². The van der Waals surface area contributed by atoms with Gasteiger partial charge in [0.2, 0.25) is 0 Å². The molecule has 0 aliphatic carbocycles. The molecule has 0 unspecified atom stereocenters. The van der Waals surface area contributed by atoms with E-state index < -0.39 is 7.26 Å². The predicted octanol–water partition coefficient (Wildman–Crippen LogP) is 3.19. The first kappa shape index (κ1) is 21.7. The van der Waals surface area contributed by atoms with Crippen LogP contribution in [0.1, 0.15) is 65.7 Å². The summed E-state index contributed by atoms with van der Waals surface area (Å²) >= 11 is 3.62. The Kier molecular flexibility index (Phi) is 17.8. The van der Waals surface area contributed by atoms with Crippen LogP contribution in [-0.4, -0.2) is 30.0 Å². The van der Waals surface area contributed by atoms with Gasteiger partial charge in [0.25, 0.3) is 0 Å². The van der Waals surface area contributed by atoms with Crippen LogP contribution in [0, 0.1) is 0 Å². The van der Waals surface area contributed by atoms with Crippen molar-refractivity contribution in [1.29, 1.82) is 0 Å². The average molecular weight is 404 g/mol. The molecule has 0 amide bonds. The van der Waals surface area contributed by atoms with Gasteiger partial charge in [-0.3, -0.25) is 0 Å². The number of hydrogen-bond donors (Lipinski definition) is 0. The zero-order chi connectivity index (χ0) is 13.0. The normalized spacial score (nSPS) is 11.3. The molecule has 18 heavy (non-hydrogen) atoms. The van der Waals surface area contributed by atoms with Crippen LogP contribution in [0.15, 0.2) is 0 Å². The summed E-state index contributed by atoms with van der Waals surface area (Å²) in [4.78, 5) is 0. The zero-order valence-electron chi connectivity index (χ0n) is 12.7. The van der Waals surface area contributed by atoms with Crippen molar-refractivity contribution in [3.8, 4) is 0 Å². The molecule has 0 fully saturated rings. The second-order valence-corrected chi connectivity index (χ2v) is 10.6. The molecule has 0 N–H and O–H groups in total. The van der Waals surface area contributed by atoms with E-state index in [-0.39, 0.29) is 17.0 Å². The zero-order valence-corrected chi connectivity index (χ0v) is 16.8. The van der Waals surface area contributed by atoms with Crippen molar-refractivity contribution in [2.45, 2.75) is 65.7 Å². The van der Waals surface area contributed by atoms with E-state index in [9.17, 15) is 0 Å². The second-order valence-electron chi connectivity index (χ2n) is 5.34. The maximum Gasteiger partial charge on any atom is 0.0602 e. The molecular weight excluding hydrogens is 371 g/mol. The Balaban J connectivity index is 0. The maximum absolute atomic E-state index is 3.62. The maximum atomic E-state index is 3.62. The van der Waals surface area contributed by atoms with E-state index in [2.05, 4.69) is 36.7 Å². The minimum Gasteiger partial charge on any atom is -1.00 e. The molecule has 0 aromatic heterocycles. The summed E-state index contributed by atoms with van der Waals surface area (Å²) in [7, 11) is -0.592. The highest BCUT2D eigenvalue weighted by Crippen LogP contribution is 2.61. The fourth-order valence-corrected chi connectivity index (χ4v) is 8.39. The molecule has 0 aliphatic rings. The fraction of sp³-hybridized carbons (Fsp3) is 1.00. The van der Waals surface area contributed by atoms with E-state index in [0.717, 1.165) is 0 Å². The molecule has 0 bridgehead atoms. The number of alkyl halides is 1. The summed E-state index contributed by atoms with van der Waals surface area (Å²) in [5.41, 5.74) is 0. The van der Waals surface area contributed by atoms with Crippen molar-refractivity contribution in [1.82, 2.24) is 0 Å². The van der Waals surface area contributed by atoms with E-state index in [1.54, 1.807) is 24.6 Å². The van der Waals surface area contributed by atoms with Gasteiger partial charge in [-0.05, 0) is 25.7 Å². The summed E-state index contributed by atoms with van der Waals surface area (Å²) < 4.78 is 0. The van der Waals surface area contributed by atoms with Crippen LogP contribution in [0.4, 0.5) is 0 Å². The Bertz CT molecular complexity index is 125. The van der Waals surface area contributed by atoms with Gasteiger partial charge in [0.1, 0.15) is 0 Å². The summed E-state index contributed by atoms with van der Waals surface area (Å²) in [5.74, 6) is 0.